The highest BCUT2D eigenvalue weighted by Gasteiger charge is 2.18. The molecule has 1 aromatic carbocycles. The molecule has 2 aromatic rings. The molecular weight excluding hydrogens is 401 g/mol. The van der Waals surface area contributed by atoms with Crippen LogP contribution < -0.4 is 5.32 Å². The third-order valence-corrected chi connectivity index (χ3v) is 4.38. The van der Waals surface area contributed by atoms with Crippen molar-refractivity contribution in [1.82, 2.24) is 20.2 Å². The van der Waals surface area contributed by atoms with Crippen molar-refractivity contribution in [2.75, 3.05) is 26.7 Å². The van der Waals surface area contributed by atoms with Crippen LogP contribution in [0.25, 0.3) is 11.0 Å². The van der Waals surface area contributed by atoms with Gasteiger partial charge < -0.3 is 15.2 Å². The number of nitrogens with zero attached hydrogens (tertiary/aromatic N) is 3. The second-order valence-corrected chi connectivity index (χ2v) is 6.09. The fraction of sp³-hybridized carbons (Fsp3) is 0.529. The van der Waals surface area contributed by atoms with Gasteiger partial charge in [0.05, 0.1) is 11.0 Å². The number of piperidine rings is 1. The standard InChI is InChI=1S/C17H25N5.HI/c1-13-8-11-22(12-9-13)17(18-2)19-10-7-16-20-14-5-3-4-6-15(14)21-16;/h3-6,13H,7-12H2,1-2H3,(H,18,19)(H,20,21);1H. The summed E-state index contributed by atoms with van der Waals surface area (Å²) >= 11 is 0. The van der Waals surface area contributed by atoms with Crippen LogP contribution in [0.3, 0.4) is 0 Å². The van der Waals surface area contributed by atoms with Crippen molar-refractivity contribution in [3.05, 3.63) is 30.1 Å². The van der Waals surface area contributed by atoms with E-state index in [2.05, 4.69) is 38.2 Å². The summed E-state index contributed by atoms with van der Waals surface area (Å²) < 4.78 is 0. The summed E-state index contributed by atoms with van der Waals surface area (Å²) in [6.45, 7) is 5.38. The minimum Gasteiger partial charge on any atom is -0.356 e. The van der Waals surface area contributed by atoms with Crippen LogP contribution in [0.15, 0.2) is 29.3 Å². The van der Waals surface area contributed by atoms with Crippen molar-refractivity contribution in [3.8, 4) is 0 Å². The molecule has 0 spiro atoms. The quantitative estimate of drug-likeness (QED) is 0.450. The van der Waals surface area contributed by atoms with E-state index in [1.54, 1.807) is 0 Å². The zero-order chi connectivity index (χ0) is 15.4. The molecule has 2 N–H and O–H groups in total. The molecule has 0 radical (unpaired) electrons. The van der Waals surface area contributed by atoms with Crippen LogP contribution in [-0.2, 0) is 6.42 Å². The summed E-state index contributed by atoms with van der Waals surface area (Å²) in [6, 6.07) is 8.15. The highest BCUT2D eigenvalue weighted by molar-refractivity contribution is 14.0. The number of aliphatic imine (C=N–C) groups is 1. The summed E-state index contributed by atoms with van der Waals surface area (Å²) in [5.41, 5.74) is 2.14. The van der Waals surface area contributed by atoms with E-state index in [1.165, 1.54) is 12.8 Å². The largest absolute Gasteiger partial charge is 0.356 e. The molecule has 1 fully saturated rings. The number of para-hydroxylation sites is 2. The number of likely N-dealkylation sites (tertiary alicyclic amines) is 1. The molecule has 0 aliphatic carbocycles. The van der Waals surface area contributed by atoms with Crippen LogP contribution >= 0.6 is 24.0 Å². The van der Waals surface area contributed by atoms with Crippen LogP contribution in [0, 0.1) is 5.92 Å². The molecule has 3 rings (SSSR count). The fourth-order valence-corrected chi connectivity index (χ4v) is 2.97. The molecule has 126 valence electrons. The molecule has 23 heavy (non-hydrogen) atoms. The Morgan fingerprint density at radius 3 is 2.78 bits per heavy atom. The van der Waals surface area contributed by atoms with E-state index in [9.17, 15) is 0 Å². The zero-order valence-corrected chi connectivity index (χ0v) is 16.2. The van der Waals surface area contributed by atoms with E-state index >= 15 is 0 Å². The Hall–Kier alpha value is -1.31. The number of nitrogens with one attached hydrogen (secondary N) is 2. The lowest BCUT2D eigenvalue weighted by Crippen LogP contribution is -2.45. The molecule has 0 unspecified atom stereocenters. The highest BCUT2D eigenvalue weighted by Crippen LogP contribution is 2.16. The second-order valence-electron chi connectivity index (χ2n) is 6.09. The second kappa shape index (κ2) is 8.52. The summed E-state index contributed by atoms with van der Waals surface area (Å²) in [5, 5.41) is 3.46. The number of hydrogen-bond acceptors (Lipinski definition) is 2. The van der Waals surface area contributed by atoms with Gasteiger partial charge in [0.15, 0.2) is 5.96 Å². The maximum absolute atomic E-state index is 4.61. The van der Waals surface area contributed by atoms with E-state index in [1.807, 2.05) is 25.2 Å². The Kier molecular flexibility index (Phi) is 6.68. The number of hydrogen-bond donors (Lipinski definition) is 2. The number of guanidine groups is 1. The van der Waals surface area contributed by atoms with Crippen molar-refractivity contribution < 1.29 is 0 Å². The van der Waals surface area contributed by atoms with E-state index in [0.29, 0.717) is 0 Å². The molecule has 0 bridgehead atoms. The Morgan fingerprint density at radius 1 is 1.35 bits per heavy atom. The van der Waals surface area contributed by atoms with Gasteiger partial charge in [0.1, 0.15) is 5.82 Å². The van der Waals surface area contributed by atoms with Crippen LogP contribution in [0.2, 0.25) is 0 Å². The van der Waals surface area contributed by atoms with Crippen LogP contribution in [0.5, 0.6) is 0 Å². The number of aromatic nitrogens is 2. The highest BCUT2D eigenvalue weighted by atomic mass is 127. The smallest absolute Gasteiger partial charge is 0.193 e. The van der Waals surface area contributed by atoms with Crippen molar-refractivity contribution in [3.63, 3.8) is 0 Å². The molecule has 0 saturated carbocycles. The van der Waals surface area contributed by atoms with Crippen LogP contribution in [0.4, 0.5) is 0 Å². The number of imidazole rings is 1. The Bertz CT molecular complexity index is 610. The third-order valence-electron chi connectivity index (χ3n) is 4.38. The fourth-order valence-electron chi connectivity index (χ4n) is 2.97. The molecule has 2 heterocycles. The molecule has 0 atom stereocenters. The normalized spacial score (nSPS) is 16.4. The van der Waals surface area contributed by atoms with Crippen molar-refractivity contribution in [1.29, 1.82) is 0 Å². The number of benzene rings is 1. The van der Waals surface area contributed by atoms with Gasteiger partial charge in [-0.1, -0.05) is 19.1 Å². The summed E-state index contributed by atoms with van der Waals surface area (Å²) in [5.74, 6) is 2.88. The lowest BCUT2D eigenvalue weighted by Gasteiger charge is -2.32. The molecule has 0 amide bonds. The Labute approximate surface area is 155 Å². The maximum Gasteiger partial charge on any atom is 0.193 e. The van der Waals surface area contributed by atoms with Gasteiger partial charge in [-0.15, -0.1) is 24.0 Å². The number of fused-ring (bicyclic) bond motifs is 1. The van der Waals surface area contributed by atoms with E-state index in [4.69, 9.17) is 0 Å². The summed E-state index contributed by atoms with van der Waals surface area (Å²) in [4.78, 5) is 14.7. The lowest BCUT2D eigenvalue weighted by molar-refractivity contribution is 0.273. The Balaban J connectivity index is 0.00000192. The molecule has 1 saturated heterocycles. The maximum atomic E-state index is 4.61. The van der Waals surface area contributed by atoms with Crippen molar-refractivity contribution >= 4 is 41.0 Å². The van der Waals surface area contributed by atoms with Gasteiger partial charge in [-0.2, -0.15) is 0 Å². The minimum absolute atomic E-state index is 0. The molecule has 1 aliphatic heterocycles. The molecule has 5 nitrogen and oxygen atoms in total. The number of H-pyrrole nitrogens is 1. The molecule has 1 aliphatic rings. The average molecular weight is 427 g/mol. The van der Waals surface area contributed by atoms with Gasteiger partial charge in [-0.25, -0.2) is 4.98 Å². The van der Waals surface area contributed by atoms with Crippen LogP contribution in [-0.4, -0.2) is 47.5 Å². The topological polar surface area (TPSA) is 56.3 Å². The number of halogens is 1. The van der Waals surface area contributed by atoms with E-state index in [-0.39, 0.29) is 24.0 Å². The number of rotatable bonds is 3. The average Bonchev–Trinajstić information content (AvgIpc) is 2.95. The number of aromatic amines is 1. The first-order chi connectivity index (χ1) is 10.8. The lowest BCUT2D eigenvalue weighted by atomic mass is 10.00. The first-order valence-corrected chi connectivity index (χ1v) is 8.15. The first kappa shape index (κ1) is 18.0. The predicted molar refractivity (Wildman–Crippen MR) is 107 cm³/mol. The van der Waals surface area contributed by atoms with Crippen molar-refractivity contribution in [2.24, 2.45) is 10.9 Å². The summed E-state index contributed by atoms with van der Waals surface area (Å²) in [7, 11) is 1.86. The van der Waals surface area contributed by atoms with E-state index in [0.717, 1.165) is 54.8 Å². The van der Waals surface area contributed by atoms with Gasteiger partial charge in [0.2, 0.25) is 0 Å². The van der Waals surface area contributed by atoms with Gasteiger partial charge in [-0.3, -0.25) is 4.99 Å². The first-order valence-electron chi connectivity index (χ1n) is 8.15. The zero-order valence-electron chi connectivity index (χ0n) is 13.9. The molecule has 6 heteroatoms. The molecular formula is C17H26IN5. The minimum atomic E-state index is 0. The summed E-state index contributed by atoms with van der Waals surface area (Å²) in [6.07, 6.45) is 3.38. The van der Waals surface area contributed by atoms with Crippen molar-refractivity contribution in [2.45, 2.75) is 26.2 Å². The molecule has 1 aromatic heterocycles. The van der Waals surface area contributed by atoms with Gasteiger partial charge in [-0.05, 0) is 30.9 Å². The van der Waals surface area contributed by atoms with E-state index < -0.39 is 0 Å². The van der Waals surface area contributed by atoms with Crippen LogP contribution in [0.1, 0.15) is 25.6 Å². The third kappa shape index (κ3) is 4.59. The van der Waals surface area contributed by atoms with Gasteiger partial charge >= 0.3 is 0 Å². The SMILES string of the molecule is CN=C(NCCc1nc2ccccc2[nH]1)N1CCC(C)CC1.I. The Morgan fingerprint density at radius 2 is 2.09 bits per heavy atom. The van der Waals surface area contributed by atoms with Gasteiger partial charge in [0.25, 0.3) is 0 Å². The monoisotopic (exact) mass is 427 g/mol. The van der Waals surface area contributed by atoms with Gasteiger partial charge in [0, 0.05) is 33.1 Å². The predicted octanol–water partition coefficient (Wildman–Crippen LogP) is 3.03.